The number of hydrogen-bond donors (Lipinski definition) is 1. The molecular weight excluding hydrogens is 225 g/mol. The Bertz CT molecular complexity index is 395. The summed E-state index contributed by atoms with van der Waals surface area (Å²) in [6.45, 7) is 2.01. The molecule has 0 aliphatic heterocycles. The lowest BCUT2D eigenvalue weighted by Crippen LogP contribution is -2.27. The molecule has 1 N–H and O–H groups in total. The molecule has 0 aliphatic carbocycles. The Balaban J connectivity index is 2.96. The molecule has 0 saturated heterocycles. The maximum atomic E-state index is 13.5. The molecule has 0 spiro atoms. The summed E-state index contributed by atoms with van der Waals surface area (Å²) in [4.78, 5) is 11.6. The van der Waals surface area contributed by atoms with E-state index in [-0.39, 0.29) is 12.4 Å². The number of hydrogen-bond acceptors (Lipinski definition) is 4. The quantitative estimate of drug-likeness (QED) is 0.796. The Morgan fingerprint density at radius 3 is 2.71 bits per heavy atom. The van der Waals surface area contributed by atoms with Gasteiger partial charge in [0.05, 0.1) is 13.7 Å². The van der Waals surface area contributed by atoms with Gasteiger partial charge in [0, 0.05) is 0 Å². The van der Waals surface area contributed by atoms with Gasteiger partial charge in [-0.1, -0.05) is 6.07 Å². The van der Waals surface area contributed by atoms with E-state index in [0.717, 1.165) is 0 Å². The van der Waals surface area contributed by atoms with Crippen LogP contribution in [-0.4, -0.2) is 26.7 Å². The van der Waals surface area contributed by atoms with Crippen LogP contribution in [0, 0.1) is 5.82 Å². The third kappa shape index (κ3) is 3.17. The molecule has 0 saturated carbocycles. The highest BCUT2D eigenvalue weighted by Crippen LogP contribution is 2.22. The molecule has 1 aromatic rings. The number of nitrogens with one attached hydrogen (secondary N) is 1. The average Bonchev–Trinajstić information content (AvgIpc) is 2.30. The molecular formula is C12H16FNO3. The molecule has 17 heavy (non-hydrogen) atoms. The monoisotopic (exact) mass is 241 g/mol. The van der Waals surface area contributed by atoms with E-state index in [9.17, 15) is 9.18 Å². The number of carbonyl (C=O) groups excluding carboxylic acids is 1. The number of likely N-dealkylation sites (N-methyl/N-ethyl adjacent to an activating group) is 1. The summed E-state index contributed by atoms with van der Waals surface area (Å²) in [5, 5.41) is 2.79. The number of halogens is 1. The van der Waals surface area contributed by atoms with Gasteiger partial charge >= 0.3 is 5.97 Å². The van der Waals surface area contributed by atoms with Gasteiger partial charge in [0.1, 0.15) is 6.04 Å². The van der Waals surface area contributed by atoms with Crippen molar-refractivity contribution in [1.29, 1.82) is 0 Å². The number of esters is 1. The first kappa shape index (κ1) is 13.4. The molecule has 0 fully saturated rings. The minimum atomic E-state index is -0.671. The highest BCUT2D eigenvalue weighted by molar-refractivity contribution is 5.77. The van der Waals surface area contributed by atoms with Crippen molar-refractivity contribution >= 4 is 5.97 Å². The Labute approximate surface area is 99.7 Å². The summed E-state index contributed by atoms with van der Waals surface area (Å²) in [6, 6.07) is 3.70. The van der Waals surface area contributed by atoms with Crippen molar-refractivity contribution < 1.29 is 18.7 Å². The first-order valence-electron chi connectivity index (χ1n) is 5.31. The lowest BCUT2D eigenvalue weighted by atomic mass is 10.1. The van der Waals surface area contributed by atoms with Crippen LogP contribution in [-0.2, 0) is 9.53 Å². The van der Waals surface area contributed by atoms with Crippen molar-refractivity contribution in [2.75, 3.05) is 20.8 Å². The molecule has 1 unspecified atom stereocenters. The fourth-order valence-corrected chi connectivity index (χ4v) is 1.51. The van der Waals surface area contributed by atoms with Crippen molar-refractivity contribution in [3.05, 3.63) is 29.6 Å². The maximum absolute atomic E-state index is 13.5. The van der Waals surface area contributed by atoms with Crippen LogP contribution < -0.4 is 10.1 Å². The zero-order valence-electron chi connectivity index (χ0n) is 10.1. The van der Waals surface area contributed by atoms with Gasteiger partial charge in [-0.3, -0.25) is 0 Å². The van der Waals surface area contributed by atoms with Crippen LogP contribution in [0.3, 0.4) is 0 Å². The van der Waals surface area contributed by atoms with E-state index >= 15 is 0 Å². The van der Waals surface area contributed by atoms with Gasteiger partial charge in [-0.15, -0.1) is 0 Å². The van der Waals surface area contributed by atoms with Crippen molar-refractivity contribution in [3.8, 4) is 5.75 Å². The maximum Gasteiger partial charge on any atom is 0.327 e. The Kier molecular flexibility index (Phi) is 4.90. The second-order valence-corrected chi connectivity index (χ2v) is 3.37. The fraction of sp³-hybridized carbons (Fsp3) is 0.417. The van der Waals surface area contributed by atoms with Crippen LogP contribution in [0.4, 0.5) is 4.39 Å². The van der Waals surface area contributed by atoms with E-state index in [1.54, 1.807) is 20.0 Å². The summed E-state index contributed by atoms with van der Waals surface area (Å²) >= 11 is 0. The van der Waals surface area contributed by atoms with Gasteiger partial charge < -0.3 is 14.8 Å². The van der Waals surface area contributed by atoms with Gasteiger partial charge in [0.25, 0.3) is 0 Å². The number of rotatable bonds is 5. The molecule has 0 aromatic heterocycles. The van der Waals surface area contributed by atoms with E-state index in [0.29, 0.717) is 5.56 Å². The van der Waals surface area contributed by atoms with Crippen molar-refractivity contribution in [2.45, 2.75) is 13.0 Å². The standard InChI is InChI=1S/C12H16FNO3/c1-4-17-12(15)11(14-2)8-5-6-10(16-3)9(13)7-8/h5-7,11,14H,4H2,1-3H3. The molecule has 4 nitrogen and oxygen atoms in total. The molecule has 0 aliphatic rings. The highest BCUT2D eigenvalue weighted by Gasteiger charge is 2.21. The lowest BCUT2D eigenvalue weighted by molar-refractivity contribution is -0.145. The molecule has 0 heterocycles. The highest BCUT2D eigenvalue weighted by atomic mass is 19.1. The topological polar surface area (TPSA) is 47.6 Å². The van der Waals surface area contributed by atoms with Gasteiger partial charge in [-0.2, -0.15) is 0 Å². The molecule has 1 atom stereocenters. The van der Waals surface area contributed by atoms with E-state index in [1.807, 2.05) is 0 Å². The van der Waals surface area contributed by atoms with Gasteiger partial charge in [-0.05, 0) is 31.7 Å². The Morgan fingerprint density at radius 2 is 2.24 bits per heavy atom. The number of benzene rings is 1. The number of carbonyl (C=O) groups is 1. The van der Waals surface area contributed by atoms with Crippen LogP contribution in [0.1, 0.15) is 18.5 Å². The second-order valence-electron chi connectivity index (χ2n) is 3.37. The van der Waals surface area contributed by atoms with Gasteiger partial charge in [0.2, 0.25) is 0 Å². The minimum absolute atomic E-state index is 0.146. The zero-order chi connectivity index (χ0) is 12.8. The molecule has 94 valence electrons. The summed E-state index contributed by atoms with van der Waals surface area (Å²) in [5.41, 5.74) is 0.504. The smallest absolute Gasteiger partial charge is 0.327 e. The van der Waals surface area contributed by atoms with E-state index in [2.05, 4.69) is 5.32 Å². The SMILES string of the molecule is CCOC(=O)C(NC)c1ccc(OC)c(F)c1. The van der Waals surface area contributed by atoms with Crippen LogP contribution in [0.2, 0.25) is 0 Å². The summed E-state index contributed by atoms with van der Waals surface area (Å²) < 4.78 is 23.2. The van der Waals surface area contributed by atoms with E-state index in [1.165, 1.54) is 19.2 Å². The summed E-state index contributed by atoms with van der Waals surface area (Å²) in [6.07, 6.45) is 0. The second kappa shape index (κ2) is 6.20. The van der Waals surface area contributed by atoms with Crippen LogP contribution >= 0.6 is 0 Å². The van der Waals surface area contributed by atoms with Crippen molar-refractivity contribution in [2.24, 2.45) is 0 Å². The Morgan fingerprint density at radius 1 is 1.53 bits per heavy atom. The number of ether oxygens (including phenoxy) is 2. The summed E-state index contributed by atoms with van der Waals surface area (Å²) in [5.74, 6) is -0.790. The predicted molar refractivity (Wildman–Crippen MR) is 61.4 cm³/mol. The first-order chi connectivity index (χ1) is 8.13. The third-order valence-electron chi connectivity index (χ3n) is 2.32. The Hall–Kier alpha value is -1.62. The molecule has 1 rings (SSSR count). The van der Waals surface area contributed by atoms with Crippen LogP contribution in [0.15, 0.2) is 18.2 Å². The average molecular weight is 241 g/mol. The minimum Gasteiger partial charge on any atom is -0.494 e. The number of methoxy groups -OCH3 is 1. The van der Waals surface area contributed by atoms with Gasteiger partial charge in [-0.25, -0.2) is 9.18 Å². The van der Waals surface area contributed by atoms with E-state index < -0.39 is 17.8 Å². The predicted octanol–water partition coefficient (Wildman–Crippen LogP) is 1.66. The fourth-order valence-electron chi connectivity index (χ4n) is 1.51. The normalized spacial score (nSPS) is 12.0. The van der Waals surface area contributed by atoms with Crippen LogP contribution in [0.25, 0.3) is 0 Å². The summed E-state index contributed by atoms with van der Waals surface area (Å²) in [7, 11) is 3.00. The van der Waals surface area contributed by atoms with Crippen LogP contribution in [0.5, 0.6) is 5.75 Å². The zero-order valence-corrected chi connectivity index (χ0v) is 10.1. The van der Waals surface area contributed by atoms with Crippen molar-refractivity contribution in [1.82, 2.24) is 5.32 Å². The third-order valence-corrected chi connectivity index (χ3v) is 2.32. The van der Waals surface area contributed by atoms with Gasteiger partial charge in [0.15, 0.2) is 11.6 Å². The molecule has 0 amide bonds. The van der Waals surface area contributed by atoms with Crippen molar-refractivity contribution in [3.63, 3.8) is 0 Å². The van der Waals surface area contributed by atoms with E-state index in [4.69, 9.17) is 9.47 Å². The molecule has 0 bridgehead atoms. The first-order valence-corrected chi connectivity index (χ1v) is 5.31. The largest absolute Gasteiger partial charge is 0.494 e. The molecule has 0 radical (unpaired) electrons. The lowest BCUT2D eigenvalue weighted by Gasteiger charge is -2.15. The molecule has 1 aromatic carbocycles. The molecule has 5 heteroatoms.